The number of fused-ring (bicyclic) bond motifs is 4. The zero-order valence-corrected chi connectivity index (χ0v) is 18.8. The van der Waals surface area contributed by atoms with E-state index in [0.29, 0.717) is 0 Å². The molecule has 152 valence electrons. The van der Waals surface area contributed by atoms with Gasteiger partial charge in [0.05, 0.1) is 0 Å². The van der Waals surface area contributed by atoms with Crippen LogP contribution in [0, 0.1) is 0 Å². The quantitative estimate of drug-likeness (QED) is 0.164. The predicted molar refractivity (Wildman–Crippen MR) is 143 cm³/mol. The maximum absolute atomic E-state index is 13.5. The van der Waals surface area contributed by atoms with E-state index in [1.807, 2.05) is 54.6 Å². The minimum Gasteiger partial charge on any atom is -0.289 e. The Hall–Kier alpha value is -3.82. The van der Waals surface area contributed by atoms with E-state index in [1.165, 1.54) is 0 Å². The summed E-state index contributed by atoms with van der Waals surface area (Å²) in [5.74, 6) is 0. The van der Waals surface area contributed by atoms with Gasteiger partial charge in [0, 0.05) is 36.8 Å². The molecule has 8 rings (SSSR count). The molecule has 0 spiro atoms. The molecule has 0 amide bonds. The maximum atomic E-state index is 13.5. The zero-order valence-electron chi connectivity index (χ0n) is 17.2. The molecule has 0 aliphatic rings. The fourth-order valence-corrected chi connectivity index (χ4v) is 6.34. The van der Waals surface area contributed by atoms with Gasteiger partial charge in [-0.25, -0.2) is 0 Å². The summed E-state index contributed by atoms with van der Waals surface area (Å²) in [6.45, 7) is 0. The van der Waals surface area contributed by atoms with Gasteiger partial charge in [-0.1, -0.05) is 58.4 Å². The second-order valence-electron chi connectivity index (χ2n) is 8.91. The van der Waals surface area contributed by atoms with Crippen molar-refractivity contribution < 1.29 is 0 Å². The van der Waals surface area contributed by atoms with Crippen LogP contribution >= 0.6 is 15.9 Å². The van der Waals surface area contributed by atoms with Gasteiger partial charge < -0.3 is 0 Å². The van der Waals surface area contributed by atoms with Gasteiger partial charge in [0.1, 0.15) is 0 Å². The molecule has 0 saturated carbocycles. The van der Waals surface area contributed by atoms with Crippen LogP contribution in [0.3, 0.4) is 0 Å². The first-order valence-corrected chi connectivity index (χ1v) is 11.7. The van der Waals surface area contributed by atoms with Gasteiger partial charge in [0.2, 0.25) is 0 Å². The fraction of sp³-hybridized carbons (Fsp3) is 0. The van der Waals surface area contributed by atoms with E-state index in [-0.39, 0.29) is 10.9 Å². The number of halogens is 1. The molecular weight excluding hydrogens is 472 g/mol. The van der Waals surface area contributed by atoms with Gasteiger partial charge in [0.25, 0.3) is 0 Å². The van der Waals surface area contributed by atoms with Crippen LogP contribution in [0.15, 0.2) is 92.9 Å². The molecule has 0 fully saturated rings. The second-order valence-corrected chi connectivity index (χ2v) is 9.83. The standard InChI is InChI=1S/C30H13BrO2/c31-16-7-10-18-23-12-15-5-8-20-27-22(17-3-1-2-4-19(17)29(20)32)11-14-6-9-21(30(33)24(18)13-16)28(23)26(14)25(15)27/h1-13H. The molecule has 0 radical (unpaired) electrons. The van der Waals surface area contributed by atoms with Crippen LogP contribution in [0.2, 0.25) is 0 Å². The summed E-state index contributed by atoms with van der Waals surface area (Å²) in [4.78, 5) is 26.9. The van der Waals surface area contributed by atoms with Crippen molar-refractivity contribution in [3.05, 3.63) is 104 Å². The Balaban J connectivity index is 1.78. The van der Waals surface area contributed by atoms with Crippen molar-refractivity contribution in [1.82, 2.24) is 0 Å². The van der Waals surface area contributed by atoms with E-state index < -0.39 is 0 Å². The Morgan fingerprint density at radius 3 is 1.58 bits per heavy atom. The Morgan fingerprint density at radius 2 is 0.939 bits per heavy atom. The molecule has 2 nitrogen and oxygen atoms in total. The van der Waals surface area contributed by atoms with Crippen LogP contribution in [-0.4, -0.2) is 0 Å². The lowest BCUT2D eigenvalue weighted by molar-refractivity contribution is 1.70. The van der Waals surface area contributed by atoms with Crippen molar-refractivity contribution in [2.45, 2.75) is 0 Å². The van der Waals surface area contributed by atoms with Crippen LogP contribution in [0.25, 0.3) is 75.4 Å². The van der Waals surface area contributed by atoms with E-state index >= 15 is 0 Å². The summed E-state index contributed by atoms with van der Waals surface area (Å²) in [6.07, 6.45) is 0. The van der Waals surface area contributed by atoms with Gasteiger partial charge in [-0.3, -0.25) is 9.59 Å². The lowest BCUT2D eigenvalue weighted by atomic mass is 9.84. The molecule has 33 heavy (non-hydrogen) atoms. The Kier molecular flexibility index (Phi) is 3.08. The topological polar surface area (TPSA) is 34.1 Å². The first-order chi connectivity index (χ1) is 16.1. The molecule has 0 bridgehead atoms. The number of benzene rings is 8. The van der Waals surface area contributed by atoms with Crippen molar-refractivity contribution in [3.63, 3.8) is 0 Å². The first kappa shape index (κ1) is 17.7. The molecule has 3 heteroatoms. The van der Waals surface area contributed by atoms with Crippen molar-refractivity contribution in [2.24, 2.45) is 0 Å². The number of rotatable bonds is 0. The summed E-state index contributed by atoms with van der Waals surface area (Å²) in [5.41, 5.74) is 0.112. The molecule has 0 aromatic heterocycles. The highest BCUT2D eigenvalue weighted by Crippen LogP contribution is 2.45. The molecule has 0 saturated heterocycles. The lowest BCUT2D eigenvalue weighted by Crippen LogP contribution is -2.06. The predicted octanol–water partition coefficient (Wildman–Crippen LogP) is 7.56. The van der Waals surface area contributed by atoms with E-state index in [0.717, 1.165) is 79.9 Å². The smallest absolute Gasteiger partial charge is 0.194 e. The monoisotopic (exact) mass is 484 g/mol. The summed E-state index contributed by atoms with van der Waals surface area (Å²) >= 11 is 3.52. The van der Waals surface area contributed by atoms with Gasteiger partial charge in [-0.2, -0.15) is 0 Å². The Bertz CT molecular complexity index is 2230. The average Bonchev–Trinajstić information content (AvgIpc) is 2.85. The van der Waals surface area contributed by atoms with Gasteiger partial charge in [0.15, 0.2) is 10.9 Å². The largest absolute Gasteiger partial charge is 0.289 e. The van der Waals surface area contributed by atoms with E-state index in [9.17, 15) is 9.59 Å². The van der Waals surface area contributed by atoms with Crippen LogP contribution in [0.4, 0.5) is 0 Å². The highest BCUT2D eigenvalue weighted by Gasteiger charge is 2.21. The first-order valence-electron chi connectivity index (χ1n) is 10.9. The van der Waals surface area contributed by atoms with E-state index in [1.54, 1.807) is 0 Å². The third kappa shape index (κ3) is 2.00. The zero-order chi connectivity index (χ0) is 22.0. The van der Waals surface area contributed by atoms with Crippen LogP contribution in [0.5, 0.6) is 0 Å². The average molecular weight is 485 g/mol. The van der Waals surface area contributed by atoms with E-state index in [2.05, 4.69) is 40.2 Å². The highest BCUT2D eigenvalue weighted by molar-refractivity contribution is 9.10. The molecule has 0 aliphatic carbocycles. The molecule has 8 aromatic rings. The normalized spacial score (nSPS) is 12.6. The maximum Gasteiger partial charge on any atom is 0.194 e. The molecule has 8 aromatic carbocycles. The van der Waals surface area contributed by atoms with Crippen molar-refractivity contribution >= 4 is 91.3 Å². The second kappa shape index (κ2) is 5.75. The Labute approximate surface area is 194 Å². The summed E-state index contributed by atoms with van der Waals surface area (Å²) in [5, 5.41) is 13.4. The fourth-order valence-electron chi connectivity index (χ4n) is 5.98. The van der Waals surface area contributed by atoms with Crippen LogP contribution in [-0.2, 0) is 0 Å². The molecule has 0 atom stereocenters. The van der Waals surface area contributed by atoms with Crippen LogP contribution in [0.1, 0.15) is 0 Å². The number of hydrogen-bond acceptors (Lipinski definition) is 2. The Morgan fingerprint density at radius 1 is 0.424 bits per heavy atom. The summed E-state index contributed by atoms with van der Waals surface area (Å²) in [7, 11) is 0. The molecule has 0 unspecified atom stereocenters. The molecule has 0 heterocycles. The lowest BCUT2D eigenvalue weighted by Gasteiger charge is -2.18. The molecule has 0 N–H and O–H groups in total. The highest BCUT2D eigenvalue weighted by atomic mass is 79.9. The third-order valence-electron chi connectivity index (χ3n) is 7.33. The summed E-state index contributed by atoms with van der Waals surface area (Å²) in [6, 6.07) is 26.2. The number of hydrogen-bond donors (Lipinski definition) is 0. The summed E-state index contributed by atoms with van der Waals surface area (Å²) < 4.78 is 0.895. The molecular formula is C30H13BrO2. The molecule has 0 aliphatic heterocycles. The van der Waals surface area contributed by atoms with Gasteiger partial charge in [-0.05, 0) is 79.5 Å². The minimum atomic E-state index is 0.0469. The van der Waals surface area contributed by atoms with Gasteiger partial charge >= 0.3 is 0 Å². The van der Waals surface area contributed by atoms with Gasteiger partial charge in [-0.15, -0.1) is 0 Å². The third-order valence-corrected chi connectivity index (χ3v) is 7.82. The van der Waals surface area contributed by atoms with Crippen molar-refractivity contribution in [3.8, 4) is 0 Å². The van der Waals surface area contributed by atoms with E-state index in [4.69, 9.17) is 0 Å². The van der Waals surface area contributed by atoms with Crippen LogP contribution < -0.4 is 10.9 Å². The van der Waals surface area contributed by atoms with Crippen molar-refractivity contribution in [1.29, 1.82) is 0 Å². The minimum absolute atomic E-state index is 0.0469. The SMILES string of the molecule is O=c1c2ccccc2c2cc3ccc4c(=O)c5cc(Br)ccc5c5cc6ccc1c2c6c3c45. The van der Waals surface area contributed by atoms with Crippen molar-refractivity contribution in [2.75, 3.05) is 0 Å².